The highest BCUT2D eigenvalue weighted by atomic mass is 32.1. The number of aromatic nitrogens is 2. The van der Waals surface area contributed by atoms with Crippen molar-refractivity contribution in [3.63, 3.8) is 0 Å². The van der Waals surface area contributed by atoms with Crippen LogP contribution < -0.4 is 5.32 Å². The smallest absolute Gasteiger partial charge is 0.338 e. The van der Waals surface area contributed by atoms with Gasteiger partial charge in [0.25, 0.3) is 0 Å². The first-order valence-electron chi connectivity index (χ1n) is 10.5. The second kappa shape index (κ2) is 11.8. The maximum atomic E-state index is 11.9. The summed E-state index contributed by atoms with van der Waals surface area (Å²) in [6.07, 6.45) is 5.70. The van der Waals surface area contributed by atoms with Gasteiger partial charge in [-0.2, -0.15) is 0 Å². The van der Waals surface area contributed by atoms with Crippen LogP contribution in [0.25, 0.3) is 0 Å². The first-order valence-corrected chi connectivity index (χ1v) is 10.9. The van der Waals surface area contributed by atoms with E-state index in [1.807, 2.05) is 24.5 Å². The van der Waals surface area contributed by atoms with Crippen molar-refractivity contribution in [2.75, 3.05) is 45.3 Å². The van der Waals surface area contributed by atoms with Gasteiger partial charge >= 0.3 is 5.97 Å². The monoisotopic (exact) mass is 446 g/mol. The van der Waals surface area contributed by atoms with Crippen LogP contribution in [0.2, 0.25) is 0 Å². The molecule has 168 valence electrons. The molecule has 1 N–H and O–H groups in total. The van der Waals surface area contributed by atoms with Crippen LogP contribution >= 0.6 is 12.2 Å². The molecule has 0 amide bonds. The van der Waals surface area contributed by atoms with Crippen LogP contribution in [-0.4, -0.2) is 65.6 Å². The summed E-state index contributed by atoms with van der Waals surface area (Å²) in [4.78, 5) is 18.7. The fourth-order valence-corrected chi connectivity index (χ4v) is 3.88. The summed E-state index contributed by atoms with van der Waals surface area (Å²) in [5.74, 6) is 1.09. The zero-order chi connectivity index (χ0) is 22.1. The number of anilines is 1. The summed E-state index contributed by atoms with van der Waals surface area (Å²) in [5, 5.41) is 3.90. The Kier molecular flexibility index (Phi) is 8.81. The Bertz CT molecular complexity index is 865. The number of methoxy groups -OCH3 is 1. The van der Waals surface area contributed by atoms with Crippen molar-refractivity contribution in [1.29, 1.82) is 0 Å². The van der Waals surface area contributed by atoms with Gasteiger partial charge in [-0.1, -0.05) is 6.07 Å². The molecule has 1 aromatic carbocycles. The molecule has 1 saturated heterocycles. The molecule has 0 spiro atoms. The van der Waals surface area contributed by atoms with Crippen LogP contribution in [0.3, 0.4) is 0 Å². The van der Waals surface area contributed by atoms with E-state index in [1.54, 1.807) is 26.2 Å². The quantitative estimate of drug-likeness (QED) is 0.357. The van der Waals surface area contributed by atoms with Crippen molar-refractivity contribution in [3.05, 3.63) is 48.0 Å². The van der Waals surface area contributed by atoms with Gasteiger partial charge in [-0.25, -0.2) is 9.78 Å². The van der Waals surface area contributed by atoms with Gasteiger partial charge in [0.05, 0.1) is 25.4 Å². The molecule has 8 nitrogen and oxygen atoms in total. The van der Waals surface area contributed by atoms with Gasteiger partial charge < -0.3 is 29.0 Å². The van der Waals surface area contributed by atoms with Crippen LogP contribution in [0.4, 0.5) is 5.69 Å². The summed E-state index contributed by atoms with van der Waals surface area (Å²) in [6.45, 7) is 5.44. The van der Waals surface area contributed by atoms with Crippen LogP contribution in [0.1, 0.15) is 41.9 Å². The van der Waals surface area contributed by atoms with Gasteiger partial charge in [0.1, 0.15) is 12.6 Å². The highest BCUT2D eigenvalue weighted by Gasteiger charge is 2.25. The summed E-state index contributed by atoms with van der Waals surface area (Å²) in [6, 6.07) is 7.20. The first-order chi connectivity index (χ1) is 15.1. The lowest BCUT2D eigenvalue weighted by Gasteiger charge is -2.33. The molecule has 1 aliphatic heterocycles. The van der Waals surface area contributed by atoms with Gasteiger partial charge in [-0.05, 0) is 50.2 Å². The normalized spacial score (nSPS) is 14.5. The Morgan fingerprint density at radius 1 is 1.29 bits per heavy atom. The molecule has 1 fully saturated rings. The number of ether oxygens (including phenoxy) is 3. The Morgan fingerprint density at radius 3 is 2.84 bits per heavy atom. The van der Waals surface area contributed by atoms with Crippen molar-refractivity contribution in [3.8, 4) is 0 Å². The standard InChI is InChI=1S/C22H30N4O4S/c1-3-30-21(27)18-5-4-6-19(15-18)24-22(31)25-10-7-17(8-11-25)20-23-9-12-26(20)16-29-14-13-28-2/h4-6,9,12,15,17H,3,7-8,10-11,13-14,16H2,1-2H3,(H,24,31). The number of rotatable bonds is 9. The predicted octanol–water partition coefficient (Wildman–Crippen LogP) is 3.26. The fourth-order valence-electron chi connectivity index (χ4n) is 3.58. The Labute approximate surface area is 188 Å². The number of benzene rings is 1. The second-order valence-electron chi connectivity index (χ2n) is 7.28. The van der Waals surface area contributed by atoms with Crippen molar-refractivity contribution in [2.45, 2.75) is 32.4 Å². The van der Waals surface area contributed by atoms with E-state index in [-0.39, 0.29) is 5.97 Å². The third kappa shape index (κ3) is 6.49. The Morgan fingerprint density at radius 2 is 2.10 bits per heavy atom. The minimum Gasteiger partial charge on any atom is -0.462 e. The Hall–Kier alpha value is -2.49. The molecule has 0 atom stereocenters. The number of likely N-dealkylation sites (tertiary alicyclic amines) is 1. The van der Waals surface area contributed by atoms with E-state index < -0.39 is 0 Å². The van der Waals surface area contributed by atoms with Crippen LogP contribution in [0.5, 0.6) is 0 Å². The van der Waals surface area contributed by atoms with E-state index in [0.717, 1.165) is 37.4 Å². The summed E-state index contributed by atoms with van der Waals surface area (Å²) in [7, 11) is 1.66. The molecular formula is C22H30N4O4S. The molecule has 3 rings (SSSR count). The van der Waals surface area contributed by atoms with E-state index >= 15 is 0 Å². The molecule has 0 radical (unpaired) electrons. The number of hydrogen-bond acceptors (Lipinski definition) is 6. The largest absolute Gasteiger partial charge is 0.462 e. The number of piperidine rings is 1. The first kappa shape index (κ1) is 23.2. The molecule has 9 heteroatoms. The van der Waals surface area contributed by atoms with Crippen molar-refractivity contribution < 1.29 is 19.0 Å². The SMILES string of the molecule is CCOC(=O)c1cccc(NC(=S)N2CCC(c3nccn3COCCOC)CC2)c1. The zero-order valence-corrected chi connectivity index (χ0v) is 18.9. The maximum Gasteiger partial charge on any atom is 0.338 e. The summed E-state index contributed by atoms with van der Waals surface area (Å²) >= 11 is 5.61. The van der Waals surface area contributed by atoms with Gasteiger partial charge in [-0.3, -0.25) is 0 Å². The molecule has 31 heavy (non-hydrogen) atoms. The lowest BCUT2D eigenvalue weighted by atomic mass is 9.96. The van der Waals surface area contributed by atoms with Crippen LogP contribution in [0, 0.1) is 0 Å². The topological polar surface area (TPSA) is 77.9 Å². The number of carbonyl (C=O) groups is 1. The van der Waals surface area contributed by atoms with E-state index in [4.69, 9.17) is 26.4 Å². The predicted molar refractivity (Wildman–Crippen MR) is 122 cm³/mol. The third-order valence-corrected chi connectivity index (χ3v) is 5.54. The number of esters is 1. The van der Waals surface area contributed by atoms with E-state index in [0.29, 0.717) is 43.1 Å². The van der Waals surface area contributed by atoms with E-state index in [9.17, 15) is 4.79 Å². The second-order valence-corrected chi connectivity index (χ2v) is 7.66. The number of hydrogen-bond donors (Lipinski definition) is 1. The molecule has 1 aromatic heterocycles. The van der Waals surface area contributed by atoms with Crippen molar-refractivity contribution in [2.24, 2.45) is 0 Å². The van der Waals surface area contributed by atoms with E-state index in [2.05, 4.69) is 19.8 Å². The van der Waals surface area contributed by atoms with Crippen molar-refractivity contribution >= 4 is 29.0 Å². The lowest BCUT2D eigenvalue weighted by Crippen LogP contribution is -2.40. The fraction of sp³-hybridized carbons (Fsp3) is 0.500. The number of nitrogens with zero attached hydrogens (tertiary/aromatic N) is 3. The summed E-state index contributed by atoms with van der Waals surface area (Å²) in [5.41, 5.74) is 1.29. The molecule has 2 aromatic rings. The molecular weight excluding hydrogens is 416 g/mol. The van der Waals surface area contributed by atoms with Gasteiger partial charge in [0.2, 0.25) is 0 Å². The molecule has 0 unspecified atom stereocenters. The highest BCUT2D eigenvalue weighted by molar-refractivity contribution is 7.80. The highest BCUT2D eigenvalue weighted by Crippen LogP contribution is 2.27. The van der Waals surface area contributed by atoms with Crippen LogP contribution in [0.15, 0.2) is 36.7 Å². The minimum atomic E-state index is -0.334. The summed E-state index contributed by atoms with van der Waals surface area (Å²) < 4.78 is 17.8. The van der Waals surface area contributed by atoms with Gasteiger partial charge in [0, 0.05) is 44.2 Å². The molecule has 2 heterocycles. The molecule has 1 aliphatic rings. The van der Waals surface area contributed by atoms with E-state index in [1.165, 1.54) is 0 Å². The molecule has 0 aliphatic carbocycles. The average Bonchev–Trinajstić information content (AvgIpc) is 3.26. The number of nitrogens with one attached hydrogen (secondary N) is 1. The number of carbonyl (C=O) groups excluding carboxylic acids is 1. The molecule has 0 bridgehead atoms. The van der Waals surface area contributed by atoms with Gasteiger partial charge in [0.15, 0.2) is 5.11 Å². The average molecular weight is 447 g/mol. The third-order valence-electron chi connectivity index (χ3n) is 5.18. The van der Waals surface area contributed by atoms with Gasteiger partial charge in [-0.15, -0.1) is 0 Å². The Balaban J connectivity index is 1.51. The lowest BCUT2D eigenvalue weighted by molar-refractivity contribution is 0.0321. The maximum absolute atomic E-state index is 11.9. The minimum absolute atomic E-state index is 0.334. The molecule has 0 saturated carbocycles. The number of thiocarbonyl (C=S) groups is 1. The number of imidazole rings is 1. The van der Waals surface area contributed by atoms with Crippen LogP contribution in [-0.2, 0) is 20.9 Å². The van der Waals surface area contributed by atoms with Crippen molar-refractivity contribution in [1.82, 2.24) is 14.5 Å². The zero-order valence-electron chi connectivity index (χ0n) is 18.1.